The lowest BCUT2D eigenvalue weighted by Gasteiger charge is -2.45. The van der Waals surface area contributed by atoms with Crippen molar-refractivity contribution in [2.75, 3.05) is 0 Å². The van der Waals surface area contributed by atoms with E-state index in [1.54, 1.807) is 0 Å². The van der Waals surface area contributed by atoms with Crippen molar-refractivity contribution in [1.82, 2.24) is 0 Å². The lowest BCUT2D eigenvalue weighted by molar-refractivity contribution is -0.152. The third kappa shape index (κ3) is 1.88. The molecular weight excluding hydrogens is 244 g/mol. The van der Waals surface area contributed by atoms with Crippen LogP contribution in [0.25, 0.3) is 0 Å². The average Bonchev–Trinajstić information content (AvgIpc) is 2.61. The van der Waals surface area contributed by atoms with Gasteiger partial charge < -0.3 is 9.84 Å². The second-order valence-corrected chi connectivity index (χ2v) is 6.34. The summed E-state index contributed by atoms with van der Waals surface area (Å²) in [6, 6.07) is 0. The lowest BCUT2D eigenvalue weighted by Crippen LogP contribution is -2.47. The third-order valence-electron chi connectivity index (χ3n) is 5.32. The minimum atomic E-state index is -0.762. The number of cyclic esters (lactones) is 1. The molecular formula is C15H20O4. The van der Waals surface area contributed by atoms with Gasteiger partial charge in [0.05, 0.1) is 11.8 Å². The first-order valence-electron chi connectivity index (χ1n) is 7.09. The average molecular weight is 264 g/mol. The number of hydrogen-bond donors (Lipinski definition) is 1. The van der Waals surface area contributed by atoms with E-state index in [-0.39, 0.29) is 29.8 Å². The highest BCUT2D eigenvalue weighted by Gasteiger charge is 2.57. The molecule has 0 aromatic rings. The zero-order valence-electron chi connectivity index (χ0n) is 11.2. The van der Waals surface area contributed by atoms with Gasteiger partial charge in [-0.1, -0.05) is 12.2 Å². The first kappa shape index (κ1) is 12.7. The minimum absolute atomic E-state index is 0.141. The van der Waals surface area contributed by atoms with Crippen LogP contribution in [0.5, 0.6) is 0 Å². The van der Waals surface area contributed by atoms with Crippen molar-refractivity contribution < 1.29 is 19.4 Å². The van der Waals surface area contributed by atoms with Gasteiger partial charge >= 0.3 is 11.9 Å². The van der Waals surface area contributed by atoms with Crippen molar-refractivity contribution >= 4 is 11.9 Å². The second kappa shape index (κ2) is 4.36. The molecule has 0 bridgehead atoms. The molecule has 4 nitrogen and oxygen atoms in total. The summed E-state index contributed by atoms with van der Waals surface area (Å²) in [7, 11) is 0. The maximum absolute atomic E-state index is 11.9. The fraction of sp³-hybridized carbons (Fsp3) is 0.733. The molecule has 0 spiro atoms. The van der Waals surface area contributed by atoms with E-state index in [1.165, 1.54) is 5.57 Å². The number of fused-ring (bicyclic) bond motifs is 2. The molecule has 0 aromatic heterocycles. The topological polar surface area (TPSA) is 63.6 Å². The summed E-state index contributed by atoms with van der Waals surface area (Å²) in [6.07, 6.45) is 3.21. The molecule has 4 heteroatoms. The molecule has 3 fully saturated rings. The summed E-state index contributed by atoms with van der Waals surface area (Å²) in [5, 5.41) is 9.60. The van der Waals surface area contributed by atoms with Crippen LogP contribution in [0.4, 0.5) is 0 Å². The molecule has 1 heterocycles. The molecule has 104 valence electrons. The third-order valence-corrected chi connectivity index (χ3v) is 5.32. The van der Waals surface area contributed by atoms with Crippen LogP contribution in [0.3, 0.4) is 0 Å². The largest absolute Gasteiger partial charge is 0.481 e. The van der Waals surface area contributed by atoms with Gasteiger partial charge in [-0.25, -0.2) is 0 Å². The molecule has 0 radical (unpaired) electrons. The van der Waals surface area contributed by atoms with E-state index in [4.69, 9.17) is 4.74 Å². The summed E-state index contributed by atoms with van der Waals surface area (Å²) in [5.74, 6) is -1.28. The SMILES string of the molecule is C=C1CC[C@@H]2[C@@H](C1)C[C@H]1C(=O)O[C@H](C)[C@H]1[C@H]2C(=O)O. The quantitative estimate of drug-likeness (QED) is 0.582. The number of aliphatic carboxylic acids is 1. The number of esters is 1. The van der Waals surface area contributed by atoms with E-state index < -0.39 is 11.9 Å². The van der Waals surface area contributed by atoms with Gasteiger partial charge in [0.15, 0.2) is 0 Å². The Morgan fingerprint density at radius 3 is 2.89 bits per heavy atom. The van der Waals surface area contributed by atoms with Gasteiger partial charge in [0.1, 0.15) is 6.10 Å². The number of hydrogen-bond acceptors (Lipinski definition) is 3. The zero-order chi connectivity index (χ0) is 13.7. The van der Waals surface area contributed by atoms with E-state index in [2.05, 4.69) is 6.58 Å². The summed E-state index contributed by atoms with van der Waals surface area (Å²) < 4.78 is 5.30. The van der Waals surface area contributed by atoms with Crippen molar-refractivity contribution in [3.05, 3.63) is 12.2 Å². The number of carbonyl (C=O) groups is 2. The van der Waals surface area contributed by atoms with Gasteiger partial charge in [-0.05, 0) is 44.4 Å². The molecule has 1 aliphatic heterocycles. The van der Waals surface area contributed by atoms with Crippen LogP contribution in [-0.2, 0) is 14.3 Å². The second-order valence-electron chi connectivity index (χ2n) is 6.34. The van der Waals surface area contributed by atoms with Crippen LogP contribution in [-0.4, -0.2) is 23.1 Å². The highest BCUT2D eigenvalue weighted by atomic mass is 16.6. The van der Waals surface area contributed by atoms with Crippen LogP contribution >= 0.6 is 0 Å². The number of carboxylic acid groups (broad SMARTS) is 1. The molecule has 0 aromatic carbocycles. The van der Waals surface area contributed by atoms with Gasteiger partial charge in [-0.3, -0.25) is 9.59 Å². The standard InChI is InChI=1S/C15H20O4/c1-7-3-4-10-9(5-7)6-11-12(13(10)14(16)17)8(2)19-15(11)18/h8-13H,1,3-6H2,2H3,(H,16,17)/t8-,9+,10-,11-,12-,13+/m1/s1. The summed E-state index contributed by atoms with van der Waals surface area (Å²) in [6.45, 7) is 5.86. The zero-order valence-corrected chi connectivity index (χ0v) is 11.2. The van der Waals surface area contributed by atoms with Gasteiger partial charge in [0.2, 0.25) is 0 Å². The normalized spacial score (nSPS) is 45.3. The summed E-state index contributed by atoms with van der Waals surface area (Å²) in [4.78, 5) is 23.6. The smallest absolute Gasteiger partial charge is 0.309 e. The predicted octanol–water partition coefficient (Wildman–Crippen LogP) is 2.24. The number of rotatable bonds is 1. The fourth-order valence-electron chi connectivity index (χ4n) is 4.55. The van der Waals surface area contributed by atoms with E-state index in [9.17, 15) is 14.7 Å². The maximum atomic E-state index is 11.9. The first-order valence-corrected chi connectivity index (χ1v) is 7.09. The highest BCUT2D eigenvalue weighted by molar-refractivity contribution is 5.79. The van der Waals surface area contributed by atoms with Crippen molar-refractivity contribution in [1.29, 1.82) is 0 Å². The molecule has 3 rings (SSSR count). The first-order chi connectivity index (χ1) is 8.99. The van der Waals surface area contributed by atoms with Crippen LogP contribution in [0.2, 0.25) is 0 Å². The molecule has 19 heavy (non-hydrogen) atoms. The molecule has 0 amide bonds. The Balaban J connectivity index is 1.95. The lowest BCUT2D eigenvalue weighted by atomic mass is 9.57. The summed E-state index contributed by atoms with van der Waals surface area (Å²) >= 11 is 0. The highest BCUT2D eigenvalue weighted by Crippen LogP contribution is 2.53. The molecule has 2 aliphatic carbocycles. The van der Waals surface area contributed by atoms with E-state index in [1.807, 2.05) is 6.92 Å². The minimum Gasteiger partial charge on any atom is -0.481 e. The van der Waals surface area contributed by atoms with E-state index in [0.29, 0.717) is 5.92 Å². The number of carboxylic acids is 1. The Labute approximate surface area is 112 Å². The molecule has 6 atom stereocenters. The van der Waals surface area contributed by atoms with E-state index in [0.717, 1.165) is 25.7 Å². The predicted molar refractivity (Wildman–Crippen MR) is 68.2 cm³/mol. The van der Waals surface area contributed by atoms with Gasteiger partial charge in [-0.15, -0.1) is 0 Å². The van der Waals surface area contributed by atoms with Crippen LogP contribution in [0.1, 0.15) is 32.6 Å². The Bertz CT molecular complexity index is 441. The molecule has 1 N–H and O–H groups in total. The van der Waals surface area contributed by atoms with Crippen LogP contribution in [0, 0.1) is 29.6 Å². The monoisotopic (exact) mass is 264 g/mol. The fourth-order valence-corrected chi connectivity index (χ4v) is 4.55. The van der Waals surface area contributed by atoms with Gasteiger partial charge in [0, 0.05) is 5.92 Å². The summed E-state index contributed by atoms with van der Waals surface area (Å²) in [5.41, 5.74) is 1.20. The van der Waals surface area contributed by atoms with Gasteiger partial charge in [0.25, 0.3) is 0 Å². The number of carbonyl (C=O) groups excluding carboxylic acids is 1. The number of allylic oxidation sites excluding steroid dienone is 1. The maximum Gasteiger partial charge on any atom is 0.309 e. The Morgan fingerprint density at radius 1 is 1.47 bits per heavy atom. The van der Waals surface area contributed by atoms with Crippen molar-refractivity contribution in [2.45, 2.75) is 38.7 Å². The van der Waals surface area contributed by atoms with Crippen LogP contribution < -0.4 is 0 Å². The molecule has 0 unspecified atom stereocenters. The van der Waals surface area contributed by atoms with Crippen molar-refractivity contribution in [3.8, 4) is 0 Å². The molecule has 1 saturated heterocycles. The van der Waals surface area contributed by atoms with Crippen LogP contribution in [0.15, 0.2) is 12.2 Å². The van der Waals surface area contributed by atoms with Crippen molar-refractivity contribution in [3.63, 3.8) is 0 Å². The van der Waals surface area contributed by atoms with E-state index >= 15 is 0 Å². The van der Waals surface area contributed by atoms with Gasteiger partial charge in [-0.2, -0.15) is 0 Å². The van der Waals surface area contributed by atoms with Crippen molar-refractivity contribution in [2.24, 2.45) is 29.6 Å². The molecule has 3 aliphatic rings. The number of ether oxygens (including phenoxy) is 1. The Morgan fingerprint density at radius 2 is 2.21 bits per heavy atom. The Hall–Kier alpha value is -1.32. The Kier molecular flexibility index (Phi) is 2.91. The molecule has 2 saturated carbocycles.